The molecule has 0 radical (unpaired) electrons. The lowest BCUT2D eigenvalue weighted by molar-refractivity contribution is 0.577. The van der Waals surface area contributed by atoms with Gasteiger partial charge in [-0.05, 0) is 18.9 Å². The van der Waals surface area contributed by atoms with E-state index >= 15 is 0 Å². The Morgan fingerprint density at radius 2 is 1.46 bits per heavy atom. The Kier molecular flexibility index (Phi) is 11.1. The zero-order chi connectivity index (χ0) is 9.78. The van der Waals surface area contributed by atoms with E-state index in [1.54, 1.807) is 0 Å². The molecule has 0 rings (SSSR count). The van der Waals surface area contributed by atoms with Crippen LogP contribution in [0.2, 0.25) is 0 Å². The van der Waals surface area contributed by atoms with E-state index in [-0.39, 0.29) is 0 Å². The van der Waals surface area contributed by atoms with Gasteiger partial charge in [0.1, 0.15) is 0 Å². The monoisotopic (exact) mass is 180 g/mol. The molecule has 0 aliphatic rings. The molecular formula is C13H24. The number of rotatable bonds is 9. The molecule has 0 aliphatic heterocycles. The summed E-state index contributed by atoms with van der Waals surface area (Å²) in [5.41, 5.74) is 2.81. The van der Waals surface area contributed by atoms with Crippen molar-refractivity contribution >= 4 is 0 Å². The first-order valence-corrected chi connectivity index (χ1v) is 5.76. The number of hydrogen-bond acceptors (Lipinski definition) is 0. The molecule has 0 unspecified atom stereocenters. The van der Waals surface area contributed by atoms with Gasteiger partial charge in [-0.25, -0.2) is 0 Å². The summed E-state index contributed by atoms with van der Waals surface area (Å²) in [6, 6.07) is 0. The van der Waals surface area contributed by atoms with Gasteiger partial charge < -0.3 is 0 Å². The molecular weight excluding hydrogens is 156 g/mol. The van der Waals surface area contributed by atoms with Gasteiger partial charge in [0, 0.05) is 0 Å². The lowest BCUT2D eigenvalue weighted by Crippen LogP contribution is -1.79. The highest BCUT2D eigenvalue weighted by molar-refractivity contribution is 4.74. The summed E-state index contributed by atoms with van der Waals surface area (Å²) in [6.45, 7) is 5.81. The molecule has 13 heavy (non-hydrogen) atoms. The molecule has 0 aliphatic carbocycles. The molecule has 0 amide bonds. The second-order valence-corrected chi connectivity index (χ2v) is 3.67. The van der Waals surface area contributed by atoms with E-state index in [2.05, 4.69) is 19.2 Å². The quantitative estimate of drug-likeness (QED) is 0.351. The molecule has 0 nitrogen and oxygen atoms in total. The molecule has 76 valence electrons. The first kappa shape index (κ1) is 12.5. The van der Waals surface area contributed by atoms with Crippen LogP contribution in [0.25, 0.3) is 0 Å². The minimum absolute atomic E-state index is 1.17. The predicted molar refractivity (Wildman–Crippen MR) is 60.9 cm³/mol. The zero-order valence-corrected chi connectivity index (χ0v) is 9.15. The first-order chi connectivity index (χ1) is 6.41. The Bertz CT molecular complexity index is 129. The number of hydrogen-bond donors (Lipinski definition) is 0. The molecule has 0 aromatic rings. The molecule has 0 fully saturated rings. The molecule has 0 heteroatoms. The van der Waals surface area contributed by atoms with Gasteiger partial charge in [0.15, 0.2) is 0 Å². The van der Waals surface area contributed by atoms with Crippen LogP contribution in [0.1, 0.15) is 64.7 Å². The Balaban J connectivity index is 2.87. The van der Waals surface area contributed by atoms with Crippen LogP contribution in [0.3, 0.4) is 0 Å². The van der Waals surface area contributed by atoms with Crippen LogP contribution in [0.5, 0.6) is 0 Å². The highest BCUT2D eigenvalue weighted by Gasteiger charge is 1.89. The van der Waals surface area contributed by atoms with Crippen LogP contribution in [0.15, 0.2) is 18.4 Å². The maximum atomic E-state index is 3.55. The maximum Gasteiger partial charge on any atom is -0.0275 e. The van der Waals surface area contributed by atoms with E-state index in [0.717, 1.165) is 0 Å². The van der Waals surface area contributed by atoms with Crippen molar-refractivity contribution in [1.82, 2.24) is 0 Å². The highest BCUT2D eigenvalue weighted by Crippen LogP contribution is 2.09. The summed E-state index contributed by atoms with van der Waals surface area (Å²) in [7, 11) is 0. The molecule has 0 atom stereocenters. The van der Waals surface area contributed by atoms with E-state index in [1.807, 2.05) is 6.08 Å². The lowest BCUT2D eigenvalue weighted by atomic mass is 10.1. The third-order valence-electron chi connectivity index (χ3n) is 2.35. The van der Waals surface area contributed by atoms with Gasteiger partial charge in [-0.1, -0.05) is 58.4 Å². The fraction of sp³-hybridized carbons (Fsp3) is 0.769. The van der Waals surface area contributed by atoms with Gasteiger partial charge in [-0.3, -0.25) is 0 Å². The summed E-state index contributed by atoms with van der Waals surface area (Å²) in [6.07, 6.45) is 14.4. The molecule has 0 saturated carbocycles. The van der Waals surface area contributed by atoms with Crippen LogP contribution in [0.4, 0.5) is 0 Å². The van der Waals surface area contributed by atoms with E-state index in [0.29, 0.717) is 0 Å². The summed E-state index contributed by atoms with van der Waals surface area (Å²) in [5.74, 6) is 0. The van der Waals surface area contributed by atoms with Gasteiger partial charge in [-0.2, -0.15) is 0 Å². The van der Waals surface area contributed by atoms with Gasteiger partial charge >= 0.3 is 0 Å². The Morgan fingerprint density at radius 1 is 0.923 bits per heavy atom. The van der Waals surface area contributed by atoms with Crippen molar-refractivity contribution in [3.63, 3.8) is 0 Å². The van der Waals surface area contributed by atoms with Crippen molar-refractivity contribution < 1.29 is 0 Å². The van der Waals surface area contributed by atoms with Crippen LogP contribution >= 0.6 is 0 Å². The van der Waals surface area contributed by atoms with Crippen molar-refractivity contribution in [2.45, 2.75) is 64.7 Å². The lowest BCUT2D eigenvalue weighted by Gasteiger charge is -1.99. The van der Waals surface area contributed by atoms with Crippen molar-refractivity contribution in [3.8, 4) is 0 Å². The van der Waals surface area contributed by atoms with E-state index < -0.39 is 0 Å². The van der Waals surface area contributed by atoms with Crippen LogP contribution < -0.4 is 0 Å². The summed E-state index contributed by atoms with van der Waals surface area (Å²) >= 11 is 0. The molecule has 0 spiro atoms. The third-order valence-corrected chi connectivity index (χ3v) is 2.35. The standard InChI is InChI=1S/C13H24/c1-3-5-7-9-11-13-12-10-8-6-4-2/h5H,1,4,6-13H2,2H3. The SMILES string of the molecule is C=C=CCCCCCCCCCC. The Hall–Kier alpha value is -0.480. The molecule has 0 aromatic carbocycles. The van der Waals surface area contributed by atoms with E-state index in [4.69, 9.17) is 0 Å². The van der Waals surface area contributed by atoms with Gasteiger partial charge in [0.05, 0.1) is 0 Å². The first-order valence-electron chi connectivity index (χ1n) is 5.76. The van der Waals surface area contributed by atoms with E-state index in [9.17, 15) is 0 Å². The Labute approximate surface area is 83.7 Å². The number of unbranched alkanes of at least 4 members (excludes halogenated alkanes) is 8. The van der Waals surface area contributed by atoms with Gasteiger partial charge in [0.25, 0.3) is 0 Å². The predicted octanol–water partition coefficient (Wildman–Crippen LogP) is 4.86. The Morgan fingerprint density at radius 3 is 2.00 bits per heavy atom. The van der Waals surface area contributed by atoms with Crippen molar-refractivity contribution in [2.24, 2.45) is 0 Å². The van der Waals surface area contributed by atoms with Crippen molar-refractivity contribution in [3.05, 3.63) is 18.4 Å². The van der Waals surface area contributed by atoms with Crippen LogP contribution in [0, 0.1) is 0 Å². The maximum absolute atomic E-state index is 3.55. The normalized spacial score (nSPS) is 9.62. The largest absolute Gasteiger partial charge is 0.133 e. The average molecular weight is 180 g/mol. The van der Waals surface area contributed by atoms with E-state index in [1.165, 1.54) is 57.8 Å². The van der Waals surface area contributed by atoms with Crippen molar-refractivity contribution in [2.75, 3.05) is 0 Å². The van der Waals surface area contributed by atoms with Crippen molar-refractivity contribution in [1.29, 1.82) is 0 Å². The molecule has 0 saturated heterocycles. The minimum Gasteiger partial charge on any atom is -0.133 e. The van der Waals surface area contributed by atoms with Crippen LogP contribution in [-0.4, -0.2) is 0 Å². The van der Waals surface area contributed by atoms with Gasteiger partial charge in [0.2, 0.25) is 0 Å². The smallest absolute Gasteiger partial charge is 0.0275 e. The van der Waals surface area contributed by atoms with Crippen LogP contribution in [-0.2, 0) is 0 Å². The fourth-order valence-electron chi connectivity index (χ4n) is 1.48. The molecule has 0 N–H and O–H groups in total. The zero-order valence-electron chi connectivity index (χ0n) is 9.15. The summed E-state index contributed by atoms with van der Waals surface area (Å²) < 4.78 is 0. The second-order valence-electron chi connectivity index (χ2n) is 3.67. The topological polar surface area (TPSA) is 0 Å². The highest BCUT2D eigenvalue weighted by atomic mass is 14.0. The molecule has 0 heterocycles. The summed E-state index contributed by atoms with van der Waals surface area (Å²) in [4.78, 5) is 0. The second kappa shape index (κ2) is 11.5. The fourth-order valence-corrected chi connectivity index (χ4v) is 1.48. The average Bonchev–Trinajstić information content (AvgIpc) is 2.16. The molecule has 0 bridgehead atoms. The van der Waals surface area contributed by atoms with Gasteiger partial charge in [-0.15, -0.1) is 5.73 Å². The third kappa shape index (κ3) is 11.5. The number of allylic oxidation sites excluding steroid dienone is 1. The molecule has 0 aromatic heterocycles. The minimum atomic E-state index is 1.17. The summed E-state index contributed by atoms with van der Waals surface area (Å²) in [5, 5.41) is 0.